The zero-order chi connectivity index (χ0) is 24.4. The molecule has 1 aliphatic rings. The molecule has 6 nitrogen and oxygen atoms in total. The van der Waals surface area contributed by atoms with E-state index in [1.807, 2.05) is 0 Å². The Morgan fingerprint density at radius 2 is 1.68 bits per heavy atom. The minimum atomic E-state index is -0.868. The van der Waals surface area contributed by atoms with Crippen molar-refractivity contribution in [1.29, 1.82) is 0 Å². The lowest BCUT2D eigenvalue weighted by Gasteiger charge is -2.27. The van der Waals surface area contributed by atoms with Gasteiger partial charge in [-0.05, 0) is 69.5 Å². The Hall–Kier alpha value is -2.84. The minimum absolute atomic E-state index is 0.178. The predicted octanol–water partition coefficient (Wildman–Crippen LogP) is 6.65. The summed E-state index contributed by atoms with van der Waals surface area (Å²) in [6.45, 7) is 0.256. The molecular formula is C24H14BrCl3N2O4. The summed E-state index contributed by atoms with van der Waals surface area (Å²) >= 11 is 21.6. The van der Waals surface area contributed by atoms with Crippen LogP contribution in [0, 0.1) is 0 Å². The molecule has 1 saturated heterocycles. The molecule has 4 amide bonds. The highest BCUT2D eigenvalue weighted by Crippen LogP contribution is 2.31. The van der Waals surface area contributed by atoms with Crippen LogP contribution < -0.4 is 15.0 Å². The van der Waals surface area contributed by atoms with E-state index >= 15 is 0 Å². The van der Waals surface area contributed by atoms with Crippen LogP contribution >= 0.6 is 50.7 Å². The fraction of sp³-hybridized carbons (Fsp3) is 0.0417. The Balaban J connectivity index is 1.56. The monoisotopic (exact) mass is 578 g/mol. The van der Waals surface area contributed by atoms with Crippen molar-refractivity contribution in [3.63, 3.8) is 0 Å². The number of benzene rings is 3. The number of imide groups is 2. The molecule has 1 fully saturated rings. The number of ether oxygens (including phenoxy) is 1. The average Bonchev–Trinajstić information content (AvgIpc) is 2.79. The molecule has 3 aromatic rings. The van der Waals surface area contributed by atoms with Gasteiger partial charge in [0.25, 0.3) is 11.8 Å². The Morgan fingerprint density at radius 1 is 0.912 bits per heavy atom. The van der Waals surface area contributed by atoms with E-state index < -0.39 is 17.8 Å². The molecule has 0 spiro atoms. The number of urea groups is 1. The number of rotatable bonds is 5. The molecule has 3 aromatic carbocycles. The molecule has 34 heavy (non-hydrogen) atoms. The van der Waals surface area contributed by atoms with Crippen LogP contribution in [0.5, 0.6) is 5.75 Å². The lowest BCUT2D eigenvalue weighted by molar-refractivity contribution is -0.122. The third-order valence-electron chi connectivity index (χ3n) is 4.84. The van der Waals surface area contributed by atoms with Crippen molar-refractivity contribution in [2.45, 2.75) is 6.61 Å². The number of nitrogens with one attached hydrogen (secondary N) is 1. The first-order valence-corrected chi connectivity index (χ1v) is 11.7. The van der Waals surface area contributed by atoms with Crippen LogP contribution in [0.1, 0.15) is 11.1 Å². The molecule has 1 heterocycles. The van der Waals surface area contributed by atoms with Crippen LogP contribution in [0.3, 0.4) is 0 Å². The second kappa shape index (κ2) is 10.2. The van der Waals surface area contributed by atoms with Gasteiger partial charge in [-0.25, -0.2) is 9.69 Å². The van der Waals surface area contributed by atoms with E-state index in [2.05, 4.69) is 21.2 Å². The average molecular weight is 581 g/mol. The number of amides is 4. The second-order valence-corrected chi connectivity index (χ2v) is 9.21. The van der Waals surface area contributed by atoms with Gasteiger partial charge in [0, 0.05) is 0 Å². The van der Waals surface area contributed by atoms with Gasteiger partial charge in [-0.3, -0.25) is 14.9 Å². The summed E-state index contributed by atoms with van der Waals surface area (Å²) in [4.78, 5) is 38.6. The minimum Gasteiger partial charge on any atom is -0.488 e. The largest absolute Gasteiger partial charge is 0.488 e. The van der Waals surface area contributed by atoms with Crippen molar-refractivity contribution in [2.24, 2.45) is 0 Å². The maximum Gasteiger partial charge on any atom is 0.335 e. The molecule has 1 N–H and O–H groups in total. The second-order valence-electron chi connectivity index (χ2n) is 7.14. The van der Waals surface area contributed by atoms with Crippen LogP contribution in [0.25, 0.3) is 6.08 Å². The van der Waals surface area contributed by atoms with E-state index in [1.54, 1.807) is 54.6 Å². The predicted molar refractivity (Wildman–Crippen MR) is 135 cm³/mol. The quantitative estimate of drug-likeness (QED) is 0.271. The van der Waals surface area contributed by atoms with Gasteiger partial charge in [0.05, 0.1) is 25.2 Å². The van der Waals surface area contributed by atoms with Gasteiger partial charge in [0.1, 0.15) is 17.9 Å². The van der Waals surface area contributed by atoms with Gasteiger partial charge in [-0.1, -0.05) is 59.1 Å². The molecule has 0 saturated carbocycles. The summed E-state index contributed by atoms with van der Waals surface area (Å²) in [6.07, 6.45) is 1.39. The third-order valence-corrected chi connectivity index (χ3v) is 6.52. The number of hydrogen-bond acceptors (Lipinski definition) is 4. The van der Waals surface area contributed by atoms with Crippen molar-refractivity contribution < 1.29 is 19.1 Å². The number of nitrogens with zero attached hydrogens (tertiary/aromatic N) is 1. The lowest BCUT2D eigenvalue weighted by atomic mass is 10.1. The molecule has 0 atom stereocenters. The molecule has 4 rings (SSSR count). The van der Waals surface area contributed by atoms with Crippen molar-refractivity contribution >= 4 is 80.3 Å². The molecule has 0 bridgehead atoms. The van der Waals surface area contributed by atoms with Gasteiger partial charge in [-0.15, -0.1) is 0 Å². The lowest BCUT2D eigenvalue weighted by Crippen LogP contribution is -2.54. The van der Waals surface area contributed by atoms with E-state index in [0.717, 1.165) is 10.5 Å². The Bertz CT molecular complexity index is 1360. The highest BCUT2D eigenvalue weighted by atomic mass is 79.9. The van der Waals surface area contributed by atoms with Crippen LogP contribution in [0.15, 0.2) is 70.7 Å². The van der Waals surface area contributed by atoms with Gasteiger partial charge >= 0.3 is 6.03 Å². The van der Waals surface area contributed by atoms with Crippen molar-refractivity contribution in [3.8, 4) is 5.75 Å². The number of halogens is 4. The van der Waals surface area contributed by atoms with Crippen LogP contribution in [-0.4, -0.2) is 17.8 Å². The van der Waals surface area contributed by atoms with Gasteiger partial charge in [-0.2, -0.15) is 0 Å². The third kappa shape index (κ3) is 5.13. The van der Waals surface area contributed by atoms with E-state index in [4.69, 9.17) is 39.5 Å². The van der Waals surface area contributed by atoms with Crippen molar-refractivity contribution in [2.75, 3.05) is 4.90 Å². The first-order chi connectivity index (χ1) is 16.2. The zero-order valence-electron chi connectivity index (χ0n) is 17.2. The standard InChI is InChI=1S/C24H14BrCl3N2O4/c25-16-10-13(6-8-21(16)34-12-14-5-7-17(26)19(28)11-14)9-15-22(31)29-24(33)30(23(15)32)20-4-2-1-3-18(20)27/h1-11H,12H2,(H,29,31,33)/b15-9+. The topological polar surface area (TPSA) is 75.7 Å². The van der Waals surface area contributed by atoms with Gasteiger partial charge in [0.2, 0.25) is 0 Å². The molecule has 0 radical (unpaired) electrons. The molecule has 1 aliphatic heterocycles. The zero-order valence-corrected chi connectivity index (χ0v) is 21.0. The summed E-state index contributed by atoms with van der Waals surface area (Å²) in [5.41, 5.74) is 1.34. The van der Waals surface area contributed by atoms with E-state index in [9.17, 15) is 14.4 Å². The summed E-state index contributed by atoms with van der Waals surface area (Å²) in [6, 6.07) is 15.8. The highest BCUT2D eigenvalue weighted by Gasteiger charge is 2.37. The fourth-order valence-electron chi connectivity index (χ4n) is 3.19. The van der Waals surface area contributed by atoms with Crippen LogP contribution in [-0.2, 0) is 16.2 Å². The molecule has 0 unspecified atom stereocenters. The number of hydrogen-bond donors (Lipinski definition) is 1. The molecular weight excluding hydrogens is 567 g/mol. The van der Waals surface area contributed by atoms with Crippen LogP contribution in [0.4, 0.5) is 10.5 Å². The first kappa shape index (κ1) is 24.3. The van der Waals surface area contributed by atoms with E-state index in [-0.39, 0.29) is 22.9 Å². The Morgan fingerprint density at radius 3 is 2.38 bits per heavy atom. The number of carbonyl (C=O) groups is 3. The van der Waals surface area contributed by atoms with Crippen molar-refractivity contribution in [3.05, 3.63) is 96.9 Å². The Labute approximate surface area is 218 Å². The van der Waals surface area contributed by atoms with Gasteiger partial charge in [0.15, 0.2) is 0 Å². The van der Waals surface area contributed by atoms with Gasteiger partial charge < -0.3 is 4.74 Å². The summed E-state index contributed by atoms with van der Waals surface area (Å²) < 4.78 is 6.43. The number of barbiturate groups is 1. The molecule has 172 valence electrons. The fourth-order valence-corrected chi connectivity index (χ4v) is 4.24. The number of carbonyl (C=O) groups excluding carboxylic acids is 3. The summed E-state index contributed by atoms with van der Waals surface area (Å²) in [5, 5.41) is 3.26. The van der Waals surface area contributed by atoms with E-state index in [0.29, 0.717) is 25.8 Å². The Kier molecular flexibility index (Phi) is 7.28. The smallest absolute Gasteiger partial charge is 0.335 e. The maximum absolute atomic E-state index is 13.0. The molecule has 0 aromatic heterocycles. The van der Waals surface area contributed by atoms with E-state index in [1.165, 1.54) is 12.1 Å². The normalized spacial score (nSPS) is 15.0. The first-order valence-electron chi connectivity index (χ1n) is 9.77. The van der Waals surface area contributed by atoms with Crippen LogP contribution in [0.2, 0.25) is 15.1 Å². The number of para-hydroxylation sites is 1. The summed E-state index contributed by atoms with van der Waals surface area (Å²) in [5.74, 6) is -1.03. The molecule has 0 aliphatic carbocycles. The molecule has 10 heteroatoms. The SMILES string of the molecule is O=C1NC(=O)N(c2ccccc2Cl)C(=O)/C1=C/c1ccc(OCc2ccc(Cl)c(Cl)c2)c(Br)c1. The summed E-state index contributed by atoms with van der Waals surface area (Å²) in [7, 11) is 0. The highest BCUT2D eigenvalue weighted by molar-refractivity contribution is 9.10. The number of anilines is 1. The van der Waals surface area contributed by atoms with Crippen molar-refractivity contribution in [1.82, 2.24) is 5.32 Å². The maximum atomic E-state index is 13.0.